The van der Waals surface area contributed by atoms with Crippen LogP contribution in [0.4, 0.5) is 14.5 Å². The maximum absolute atomic E-state index is 15.5. The highest BCUT2D eigenvalue weighted by Crippen LogP contribution is 2.33. The summed E-state index contributed by atoms with van der Waals surface area (Å²) in [6, 6.07) is 17.2. The fourth-order valence-electron chi connectivity index (χ4n) is 5.96. The van der Waals surface area contributed by atoms with Crippen LogP contribution in [0.1, 0.15) is 23.8 Å². The van der Waals surface area contributed by atoms with Gasteiger partial charge in [-0.2, -0.15) is 10.2 Å². The van der Waals surface area contributed by atoms with E-state index in [4.69, 9.17) is 11.6 Å². The van der Waals surface area contributed by atoms with Gasteiger partial charge in [0.1, 0.15) is 24.5 Å². The Kier molecular flexibility index (Phi) is 7.72. The first-order valence-electron chi connectivity index (χ1n) is 14.8. The minimum absolute atomic E-state index is 0.121. The van der Waals surface area contributed by atoms with E-state index in [1.54, 1.807) is 65.4 Å². The van der Waals surface area contributed by atoms with E-state index in [9.17, 15) is 18.8 Å². The van der Waals surface area contributed by atoms with Crippen molar-refractivity contribution in [3.8, 4) is 22.3 Å². The Balaban J connectivity index is 1.14. The van der Waals surface area contributed by atoms with E-state index in [-0.39, 0.29) is 42.2 Å². The van der Waals surface area contributed by atoms with Crippen molar-refractivity contribution in [1.82, 2.24) is 29.3 Å². The molecule has 6 aromatic rings. The van der Waals surface area contributed by atoms with Gasteiger partial charge < -0.3 is 10.2 Å². The van der Waals surface area contributed by atoms with Gasteiger partial charge in [-0.15, -0.1) is 0 Å². The lowest BCUT2D eigenvalue weighted by Crippen LogP contribution is -2.44. The first kappa shape index (κ1) is 30.2. The van der Waals surface area contributed by atoms with Crippen LogP contribution in [0, 0.1) is 5.82 Å². The molecule has 1 N–H and O–H groups in total. The molecule has 0 spiro atoms. The average Bonchev–Trinajstić information content (AvgIpc) is 3.79. The maximum atomic E-state index is 15.5. The lowest BCUT2D eigenvalue weighted by Gasteiger charge is -2.24. The van der Waals surface area contributed by atoms with Gasteiger partial charge in [-0.1, -0.05) is 48.0 Å². The molecule has 236 valence electrons. The highest BCUT2D eigenvalue weighted by atomic mass is 35.5. The number of nitrogens with one attached hydrogen (secondary N) is 1. The second-order valence-corrected chi connectivity index (χ2v) is 11.7. The second kappa shape index (κ2) is 12.0. The quantitative estimate of drug-likeness (QED) is 0.212. The highest BCUT2D eigenvalue weighted by molar-refractivity contribution is 6.33. The molecule has 0 bridgehead atoms. The van der Waals surface area contributed by atoms with Crippen LogP contribution >= 0.6 is 11.6 Å². The van der Waals surface area contributed by atoms with Gasteiger partial charge in [-0.25, -0.2) is 18.3 Å². The Labute approximate surface area is 271 Å². The normalized spacial score (nSPS) is 16.2. The number of halogens is 3. The number of hydrogen-bond donors (Lipinski definition) is 1. The molecule has 2 atom stereocenters. The molecular weight excluding hydrogens is 628 g/mol. The van der Waals surface area contributed by atoms with E-state index < -0.39 is 29.8 Å². The number of amides is 2. The zero-order chi connectivity index (χ0) is 32.8. The van der Waals surface area contributed by atoms with Crippen molar-refractivity contribution in [2.45, 2.75) is 32.1 Å². The summed E-state index contributed by atoms with van der Waals surface area (Å²) in [6.45, 7) is 0.716. The van der Waals surface area contributed by atoms with Gasteiger partial charge in [0.05, 0.1) is 23.9 Å². The van der Waals surface area contributed by atoms with E-state index in [2.05, 4.69) is 20.5 Å². The molecule has 2 amide bonds. The van der Waals surface area contributed by atoms with E-state index >= 15 is 4.39 Å². The van der Waals surface area contributed by atoms with Crippen molar-refractivity contribution < 1.29 is 23.2 Å². The number of likely N-dealkylation sites (tertiary alicyclic amines) is 1. The van der Waals surface area contributed by atoms with Crippen molar-refractivity contribution in [2.24, 2.45) is 0 Å². The minimum atomic E-state index is -1.46. The van der Waals surface area contributed by atoms with E-state index in [0.717, 1.165) is 16.0 Å². The van der Waals surface area contributed by atoms with Gasteiger partial charge in [0.15, 0.2) is 17.2 Å². The number of aromatic nitrogens is 5. The van der Waals surface area contributed by atoms with Gasteiger partial charge >= 0.3 is 0 Å². The number of ketones is 1. The molecule has 3 aromatic carbocycles. The molecule has 13 heteroatoms. The van der Waals surface area contributed by atoms with Crippen LogP contribution in [0.3, 0.4) is 0 Å². The Bertz CT molecular complexity index is 2220. The van der Waals surface area contributed by atoms with Crippen LogP contribution in [0.25, 0.3) is 38.8 Å². The molecule has 0 radical (unpaired) electrons. The number of carbonyl (C=O) groups excluding carboxylic acids is 3. The molecule has 4 heterocycles. The van der Waals surface area contributed by atoms with Gasteiger partial charge in [-0.3, -0.25) is 19.1 Å². The molecule has 1 aliphatic rings. The lowest BCUT2D eigenvalue weighted by atomic mass is 10.0. The molecule has 1 saturated heterocycles. The number of alkyl halides is 1. The van der Waals surface area contributed by atoms with Crippen molar-refractivity contribution in [1.29, 1.82) is 0 Å². The van der Waals surface area contributed by atoms with E-state index in [0.29, 0.717) is 27.1 Å². The van der Waals surface area contributed by atoms with Gasteiger partial charge in [0.25, 0.3) is 0 Å². The average molecular weight is 654 g/mol. The summed E-state index contributed by atoms with van der Waals surface area (Å²) in [5.41, 5.74) is 3.39. The number of fused-ring (bicyclic) bond motifs is 2. The number of hydrogen-bond acceptors (Lipinski definition) is 6. The van der Waals surface area contributed by atoms with Crippen LogP contribution in [0.15, 0.2) is 85.3 Å². The summed E-state index contributed by atoms with van der Waals surface area (Å²) in [5.74, 6) is -2.31. The molecule has 1 fully saturated rings. The summed E-state index contributed by atoms with van der Waals surface area (Å²) in [5, 5.41) is 12.0. The van der Waals surface area contributed by atoms with Gasteiger partial charge in [0.2, 0.25) is 11.8 Å². The fraction of sp³-hybridized carbons (Fsp3) is 0.176. The zero-order valence-electron chi connectivity index (χ0n) is 24.9. The Morgan fingerprint density at radius 3 is 2.64 bits per heavy atom. The first-order valence-corrected chi connectivity index (χ1v) is 15.1. The molecule has 3 aromatic heterocycles. The lowest BCUT2D eigenvalue weighted by molar-refractivity contribution is -0.137. The fourth-order valence-corrected chi connectivity index (χ4v) is 6.20. The predicted octanol–water partition coefficient (Wildman–Crippen LogP) is 5.99. The van der Waals surface area contributed by atoms with E-state index in [1.165, 1.54) is 23.7 Å². The molecule has 47 heavy (non-hydrogen) atoms. The van der Waals surface area contributed by atoms with Crippen LogP contribution in [0.5, 0.6) is 0 Å². The van der Waals surface area contributed by atoms with Crippen LogP contribution in [-0.4, -0.2) is 65.6 Å². The van der Waals surface area contributed by atoms with Crippen molar-refractivity contribution in [3.05, 3.63) is 102 Å². The van der Waals surface area contributed by atoms with Gasteiger partial charge in [-0.05, 0) is 29.8 Å². The van der Waals surface area contributed by atoms with Crippen LogP contribution < -0.4 is 5.32 Å². The standard InChI is InChI=1S/C34H26ClF2N7O3/c1-19(45)33-25-13-20(21-15-38-30-11-12-39-44(30)16-21)9-10-28(25)43(41-33)18-31(46)42-17-22(36)14-29(42)34(47)40-27-8-4-6-24(32(27)37)23-5-2-3-7-26(23)35/h2-13,15-16,22,29H,14,17-18H2,1H3,(H,40,47)/t22-,29+/m1/s1. The zero-order valence-corrected chi connectivity index (χ0v) is 25.7. The number of benzene rings is 3. The third-order valence-electron chi connectivity index (χ3n) is 8.24. The topological polar surface area (TPSA) is 114 Å². The van der Waals surface area contributed by atoms with Crippen molar-refractivity contribution in [2.75, 3.05) is 11.9 Å². The third kappa shape index (κ3) is 5.61. The molecule has 10 nitrogen and oxygen atoms in total. The summed E-state index contributed by atoms with van der Waals surface area (Å²) in [6.07, 6.45) is 3.45. The largest absolute Gasteiger partial charge is 0.326 e. The van der Waals surface area contributed by atoms with Crippen LogP contribution in [-0.2, 0) is 16.1 Å². The number of carbonyl (C=O) groups is 3. The van der Waals surface area contributed by atoms with Crippen molar-refractivity contribution >= 4 is 51.4 Å². The first-order chi connectivity index (χ1) is 22.7. The molecule has 7 rings (SSSR count). The third-order valence-corrected chi connectivity index (χ3v) is 8.57. The second-order valence-electron chi connectivity index (χ2n) is 11.3. The number of Topliss-reactive ketones (excluding diaryl/α,β-unsaturated/α-hetero) is 1. The summed E-state index contributed by atoms with van der Waals surface area (Å²) >= 11 is 6.26. The molecule has 0 saturated carbocycles. The number of nitrogens with zero attached hydrogens (tertiary/aromatic N) is 6. The Morgan fingerprint density at radius 1 is 1.02 bits per heavy atom. The molecule has 0 aliphatic carbocycles. The summed E-state index contributed by atoms with van der Waals surface area (Å²) in [7, 11) is 0. The van der Waals surface area contributed by atoms with E-state index in [1.807, 2.05) is 12.3 Å². The highest BCUT2D eigenvalue weighted by Gasteiger charge is 2.40. The van der Waals surface area contributed by atoms with Crippen molar-refractivity contribution in [3.63, 3.8) is 0 Å². The van der Waals surface area contributed by atoms with Gasteiger partial charge in [0, 0.05) is 58.9 Å². The summed E-state index contributed by atoms with van der Waals surface area (Å²) in [4.78, 5) is 45.1. The maximum Gasteiger partial charge on any atom is 0.247 e. The molecule has 1 aliphatic heterocycles. The smallest absolute Gasteiger partial charge is 0.247 e. The van der Waals surface area contributed by atoms with Crippen LogP contribution in [0.2, 0.25) is 5.02 Å². The molecular formula is C34H26ClF2N7O3. The predicted molar refractivity (Wildman–Crippen MR) is 172 cm³/mol. The number of rotatable bonds is 7. The SMILES string of the molecule is CC(=O)c1nn(CC(=O)N2C[C@H](F)C[C@H]2C(=O)Nc2cccc(-c3ccccc3Cl)c2F)c2ccc(-c3cnc4ccnn4c3)cc12. The minimum Gasteiger partial charge on any atom is -0.326 e. The Hall–Kier alpha value is -5.49. The molecule has 0 unspecified atom stereocenters. The Morgan fingerprint density at radius 2 is 1.83 bits per heavy atom. The summed E-state index contributed by atoms with van der Waals surface area (Å²) < 4.78 is 33.3. The number of anilines is 1. The monoisotopic (exact) mass is 653 g/mol.